The summed E-state index contributed by atoms with van der Waals surface area (Å²) >= 11 is 3.52. The first kappa shape index (κ1) is 13.8. The average molecular weight is 348 g/mol. The summed E-state index contributed by atoms with van der Waals surface area (Å²) in [7, 11) is 0. The van der Waals surface area contributed by atoms with Crippen LogP contribution in [-0.2, 0) is 4.79 Å². The number of fused-ring (bicyclic) bond motifs is 1. The van der Waals surface area contributed by atoms with E-state index in [1.807, 2.05) is 25.1 Å². The fourth-order valence-corrected chi connectivity index (χ4v) is 2.71. The minimum absolute atomic E-state index is 0.0166. The number of aryl methyl sites for hydroxylation is 1. The molecular weight excluding hydrogens is 334 g/mol. The van der Waals surface area contributed by atoms with Gasteiger partial charge in [0.05, 0.1) is 22.7 Å². The largest absolute Gasteiger partial charge is 0.482 e. The van der Waals surface area contributed by atoms with Crippen molar-refractivity contribution in [3.63, 3.8) is 0 Å². The molecule has 0 saturated carbocycles. The highest BCUT2D eigenvalue weighted by molar-refractivity contribution is 9.10. The number of anilines is 4. The molecule has 4 N–H and O–H groups in total. The van der Waals surface area contributed by atoms with Gasteiger partial charge in [-0.15, -0.1) is 0 Å². The Morgan fingerprint density at radius 2 is 2.10 bits per heavy atom. The lowest BCUT2D eigenvalue weighted by molar-refractivity contribution is -0.118. The number of rotatable bonds is 2. The van der Waals surface area contributed by atoms with Crippen LogP contribution in [0.5, 0.6) is 5.75 Å². The van der Waals surface area contributed by atoms with E-state index < -0.39 is 0 Å². The van der Waals surface area contributed by atoms with Crippen molar-refractivity contribution in [2.45, 2.75) is 6.92 Å². The molecule has 1 aliphatic heterocycles. The summed E-state index contributed by atoms with van der Waals surface area (Å²) in [5, 5.41) is 6.02. The Bertz CT molecular complexity index is 731. The van der Waals surface area contributed by atoms with Gasteiger partial charge in [0.2, 0.25) is 0 Å². The van der Waals surface area contributed by atoms with Crippen LogP contribution in [0.25, 0.3) is 0 Å². The Morgan fingerprint density at radius 3 is 2.86 bits per heavy atom. The van der Waals surface area contributed by atoms with Gasteiger partial charge in [-0.1, -0.05) is 6.07 Å². The number of amides is 1. The molecule has 0 radical (unpaired) electrons. The number of halogens is 1. The van der Waals surface area contributed by atoms with E-state index in [2.05, 4.69) is 26.6 Å². The van der Waals surface area contributed by atoms with Crippen molar-refractivity contribution in [3.8, 4) is 5.75 Å². The molecule has 2 aromatic carbocycles. The van der Waals surface area contributed by atoms with Crippen molar-refractivity contribution in [2.75, 3.05) is 23.0 Å². The van der Waals surface area contributed by atoms with Gasteiger partial charge in [-0.25, -0.2) is 0 Å². The number of nitrogens with two attached hydrogens (primary N) is 1. The van der Waals surface area contributed by atoms with Crippen molar-refractivity contribution < 1.29 is 9.53 Å². The third kappa shape index (κ3) is 2.80. The first-order valence-electron chi connectivity index (χ1n) is 6.42. The second-order valence-corrected chi connectivity index (χ2v) is 5.74. The summed E-state index contributed by atoms with van der Waals surface area (Å²) in [5.41, 5.74) is 9.98. The van der Waals surface area contributed by atoms with Crippen molar-refractivity contribution in [1.29, 1.82) is 0 Å². The zero-order valence-corrected chi connectivity index (χ0v) is 13.0. The Labute approximate surface area is 130 Å². The summed E-state index contributed by atoms with van der Waals surface area (Å²) < 4.78 is 6.28. The van der Waals surface area contributed by atoms with E-state index in [0.29, 0.717) is 22.8 Å². The molecule has 0 atom stereocenters. The van der Waals surface area contributed by atoms with E-state index in [9.17, 15) is 4.79 Å². The molecule has 0 fully saturated rings. The minimum atomic E-state index is -0.172. The lowest BCUT2D eigenvalue weighted by atomic mass is 10.2. The lowest BCUT2D eigenvalue weighted by Gasteiger charge is -2.20. The zero-order valence-electron chi connectivity index (χ0n) is 11.4. The molecule has 1 aliphatic rings. The number of nitrogens with one attached hydrogen (secondary N) is 2. The van der Waals surface area contributed by atoms with Crippen LogP contribution in [0.1, 0.15) is 5.56 Å². The molecule has 1 heterocycles. The first-order valence-corrected chi connectivity index (χ1v) is 7.21. The van der Waals surface area contributed by atoms with Crippen molar-refractivity contribution >= 4 is 44.6 Å². The number of ether oxygens (including phenoxy) is 1. The van der Waals surface area contributed by atoms with Crippen LogP contribution in [0.4, 0.5) is 22.7 Å². The second kappa shape index (κ2) is 5.29. The summed E-state index contributed by atoms with van der Waals surface area (Å²) in [6, 6.07) is 9.47. The number of hydrogen-bond donors (Lipinski definition) is 3. The maximum absolute atomic E-state index is 11.4. The summed E-state index contributed by atoms with van der Waals surface area (Å²) in [6.07, 6.45) is 0. The van der Waals surface area contributed by atoms with Gasteiger partial charge in [0.25, 0.3) is 5.91 Å². The monoisotopic (exact) mass is 347 g/mol. The number of nitrogen functional groups attached to an aromatic ring is 1. The van der Waals surface area contributed by atoms with Crippen LogP contribution < -0.4 is 21.1 Å². The normalized spacial score (nSPS) is 13.1. The van der Waals surface area contributed by atoms with E-state index in [1.165, 1.54) is 0 Å². The van der Waals surface area contributed by atoms with Gasteiger partial charge in [0, 0.05) is 10.5 Å². The van der Waals surface area contributed by atoms with E-state index in [0.717, 1.165) is 15.7 Å². The van der Waals surface area contributed by atoms with Gasteiger partial charge in [0.1, 0.15) is 5.75 Å². The third-order valence-electron chi connectivity index (χ3n) is 3.18. The van der Waals surface area contributed by atoms with Crippen molar-refractivity contribution in [3.05, 3.63) is 40.4 Å². The highest BCUT2D eigenvalue weighted by Gasteiger charge is 2.18. The molecule has 21 heavy (non-hydrogen) atoms. The van der Waals surface area contributed by atoms with Gasteiger partial charge in [-0.05, 0) is 46.6 Å². The molecule has 0 unspecified atom stereocenters. The average Bonchev–Trinajstić information content (AvgIpc) is 2.43. The SMILES string of the molecule is Cc1ccc(Nc2cc3c(cc2N)OCC(=O)N3)c(Br)c1. The van der Waals surface area contributed by atoms with Crippen LogP contribution in [0, 0.1) is 6.92 Å². The topological polar surface area (TPSA) is 76.4 Å². The van der Waals surface area contributed by atoms with E-state index in [-0.39, 0.29) is 12.5 Å². The van der Waals surface area contributed by atoms with E-state index in [1.54, 1.807) is 12.1 Å². The van der Waals surface area contributed by atoms with Gasteiger partial charge in [-0.2, -0.15) is 0 Å². The maximum atomic E-state index is 11.4. The third-order valence-corrected chi connectivity index (χ3v) is 3.83. The molecule has 108 valence electrons. The minimum Gasteiger partial charge on any atom is -0.482 e. The molecular formula is C15H14BrN3O2. The highest BCUT2D eigenvalue weighted by Crippen LogP contribution is 2.37. The molecule has 0 bridgehead atoms. The molecule has 5 nitrogen and oxygen atoms in total. The number of hydrogen-bond acceptors (Lipinski definition) is 4. The summed E-state index contributed by atoms with van der Waals surface area (Å²) in [5.74, 6) is 0.412. The predicted molar refractivity (Wildman–Crippen MR) is 87.1 cm³/mol. The maximum Gasteiger partial charge on any atom is 0.262 e. The zero-order chi connectivity index (χ0) is 15.0. The molecule has 0 spiro atoms. The van der Waals surface area contributed by atoms with Crippen LogP contribution >= 0.6 is 15.9 Å². The smallest absolute Gasteiger partial charge is 0.262 e. The lowest BCUT2D eigenvalue weighted by Crippen LogP contribution is -2.25. The predicted octanol–water partition coefficient (Wildman–Crippen LogP) is 3.41. The van der Waals surface area contributed by atoms with Gasteiger partial charge in [-0.3, -0.25) is 4.79 Å². The summed E-state index contributed by atoms with van der Waals surface area (Å²) in [4.78, 5) is 11.4. The molecule has 1 amide bonds. The van der Waals surface area contributed by atoms with E-state index in [4.69, 9.17) is 10.5 Å². The Morgan fingerprint density at radius 1 is 1.29 bits per heavy atom. The van der Waals surface area contributed by atoms with Crippen LogP contribution in [0.15, 0.2) is 34.8 Å². The quantitative estimate of drug-likeness (QED) is 0.727. The van der Waals surface area contributed by atoms with Gasteiger partial charge < -0.3 is 21.1 Å². The fourth-order valence-electron chi connectivity index (χ4n) is 2.12. The van der Waals surface area contributed by atoms with Crippen LogP contribution in [-0.4, -0.2) is 12.5 Å². The second-order valence-electron chi connectivity index (χ2n) is 4.88. The summed E-state index contributed by atoms with van der Waals surface area (Å²) in [6.45, 7) is 2.04. The van der Waals surface area contributed by atoms with Crippen LogP contribution in [0.2, 0.25) is 0 Å². The van der Waals surface area contributed by atoms with Crippen molar-refractivity contribution in [1.82, 2.24) is 0 Å². The molecule has 6 heteroatoms. The Kier molecular flexibility index (Phi) is 3.47. The number of carbonyl (C=O) groups is 1. The van der Waals surface area contributed by atoms with Gasteiger partial charge in [0.15, 0.2) is 6.61 Å². The molecule has 2 aromatic rings. The molecule has 3 rings (SSSR count). The molecule has 0 aromatic heterocycles. The van der Waals surface area contributed by atoms with Gasteiger partial charge >= 0.3 is 0 Å². The fraction of sp³-hybridized carbons (Fsp3) is 0.133. The first-order chi connectivity index (χ1) is 10.0. The molecule has 0 aliphatic carbocycles. The van der Waals surface area contributed by atoms with Crippen molar-refractivity contribution in [2.24, 2.45) is 0 Å². The Balaban J connectivity index is 1.95. The Hall–Kier alpha value is -2.21. The van der Waals surface area contributed by atoms with E-state index >= 15 is 0 Å². The number of benzene rings is 2. The number of carbonyl (C=O) groups excluding carboxylic acids is 1. The molecule has 0 saturated heterocycles. The standard InChI is InChI=1S/C15H14BrN3O2/c1-8-2-3-11(9(16)4-8)18-12-6-13-14(5-10(12)17)21-7-15(20)19-13/h2-6,18H,7,17H2,1H3,(H,19,20). The van der Waals surface area contributed by atoms with Crippen LogP contribution in [0.3, 0.4) is 0 Å². The highest BCUT2D eigenvalue weighted by atomic mass is 79.9.